The van der Waals surface area contributed by atoms with E-state index in [1.54, 1.807) is 0 Å². The van der Waals surface area contributed by atoms with E-state index >= 15 is 0 Å². The summed E-state index contributed by atoms with van der Waals surface area (Å²) in [5, 5.41) is 8.50. The molecule has 0 amide bonds. The molecule has 0 bridgehead atoms. The number of aromatic nitrogens is 3. The van der Waals surface area contributed by atoms with Crippen LogP contribution in [0, 0.1) is 6.92 Å². The first kappa shape index (κ1) is 10.7. The summed E-state index contributed by atoms with van der Waals surface area (Å²) in [6, 6.07) is 20.2. The first-order valence-electron chi connectivity index (χ1n) is 5.89. The summed E-state index contributed by atoms with van der Waals surface area (Å²) in [7, 11) is 0. The van der Waals surface area contributed by atoms with E-state index in [1.165, 1.54) is 0 Å². The lowest BCUT2D eigenvalue weighted by Gasteiger charge is -2.03. The highest BCUT2D eigenvalue weighted by atomic mass is 15.4. The zero-order chi connectivity index (χ0) is 12.4. The van der Waals surface area contributed by atoms with Gasteiger partial charge in [-0.05, 0) is 19.1 Å². The van der Waals surface area contributed by atoms with Crippen molar-refractivity contribution in [1.82, 2.24) is 15.0 Å². The van der Waals surface area contributed by atoms with Crippen LogP contribution < -0.4 is 0 Å². The van der Waals surface area contributed by atoms with E-state index in [4.69, 9.17) is 0 Å². The smallest absolute Gasteiger partial charge is 0.116 e. The molecule has 0 saturated carbocycles. The van der Waals surface area contributed by atoms with Crippen LogP contribution in [0.15, 0.2) is 60.7 Å². The Bertz CT molecular complexity index is 585. The van der Waals surface area contributed by atoms with E-state index in [-0.39, 0.29) is 0 Å². The van der Waals surface area contributed by atoms with E-state index < -0.39 is 0 Å². The molecule has 3 aromatic rings. The van der Waals surface area contributed by atoms with Crippen molar-refractivity contribution in [3.63, 3.8) is 0 Å². The molecule has 0 fully saturated rings. The second-order valence-electron chi connectivity index (χ2n) is 4.14. The first-order valence-corrected chi connectivity index (χ1v) is 5.89. The van der Waals surface area contributed by atoms with Gasteiger partial charge >= 0.3 is 0 Å². The number of para-hydroxylation sites is 1. The van der Waals surface area contributed by atoms with Crippen LogP contribution in [0.4, 0.5) is 0 Å². The molecular weight excluding hydrogens is 222 g/mol. The second-order valence-corrected chi connectivity index (χ2v) is 4.14. The maximum atomic E-state index is 4.28. The van der Waals surface area contributed by atoms with E-state index in [0.29, 0.717) is 0 Å². The lowest BCUT2D eigenvalue weighted by molar-refractivity contribution is 0.785. The molecule has 0 aliphatic heterocycles. The van der Waals surface area contributed by atoms with Gasteiger partial charge in [-0.25, -0.2) is 4.68 Å². The Morgan fingerprint density at radius 3 is 2.11 bits per heavy atom. The fraction of sp³-hybridized carbons (Fsp3) is 0.0667. The van der Waals surface area contributed by atoms with Crippen LogP contribution >= 0.6 is 0 Å². The molecule has 0 aliphatic carbocycles. The third-order valence-electron chi connectivity index (χ3n) is 2.94. The van der Waals surface area contributed by atoms with Crippen molar-refractivity contribution in [3.8, 4) is 16.9 Å². The topological polar surface area (TPSA) is 30.7 Å². The summed E-state index contributed by atoms with van der Waals surface area (Å²) in [6.45, 7) is 2.04. The molecule has 1 heterocycles. The highest BCUT2D eigenvalue weighted by Gasteiger charge is 2.10. The van der Waals surface area contributed by atoms with Crippen LogP contribution in [0.3, 0.4) is 0 Å². The van der Waals surface area contributed by atoms with E-state index in [1.807, 2.05) is 72.3 Å². The summed E-state index contributed by atoms with van der Waals surface area (Å²) in [4.78, 5) is 0. The molecule has 88 valence electrons. The summed E-state index contributed by atoms with van der Waals surface area (Å²) >= 11 is 0. The van der Waals surface area contributed by atoms with Gasteiger partial charge in [-0.15, -0.1) is 5.10 Å². The lowest BCUT2D eigenvalue weighted by atomic mass is 10.1. The first-order chi connectivity index (χ1) is 8.86. The van der Waals surface area contributed by atoms with Crippen molar-refractivity contribution in [2.45, 2.75) is 6.92 Å². The quantitative estimate of drug-likeness (QED) is 0.682. The predicted octanol–water partition coefficient (Wildman–Crippen LogP) is 3.24. The van der Waals surface area contributed by atoms with Crippen LogP contribution in [0.1, 0.15) is 5.69 Å². The molecule has 0 saturated heterocycles. The summed E-state index contributed by atoms with van der Waals surface area (Å²) in [5.41, 5.74) is 4.11. The van der Waals surface area contributed by atoms with E-state index in [0.717, 1.165) is 22.6 Å². The van der Waals surface area contributed by atoms with Gasteiger partial charge in [0, 0.05) is 5.56 Å². The van der Waals surface area contributed by atoms with Gasteiger partial charge in [-0.1, -0.05) is 53.7 Å². The van der Waals surface area contributed by atoms with Crippen LogP contribution in [0.5, 0.6) is 0 Å². The number of hydrogen-bond acceptors (Lipinski definition) is 2. The average molecular weight is 235 g/mol. The van der Waals surface area contributed by atoms with Gasteiger partial charge in [0.05, 0.1) is 11.4 Å². The molecule has 0 spiro atoms. The summed E-state index contributed by atoms with van der Waals surface area (Å²) < 4.78 is 1.86. The molecule has 18 heavy (non-hydrogen) atoms. The number of benzene rings is 2. The molecule has 0 N–H and O–H groups in total. The molecule has 2 aromatic carbocycles. The van der Waals surface area contributed by atoms with Crippen LogP contribution in [0.25, 0.3) is 16.9 Å². The maximum absolute atomic E-state index is 4.28. The fourth-order valence-electron chi connectivity index (χ4n) is 2.01. The van der Waals surface area contributed by atoms with Gasteiger partial charge in [-0.2, -0.15) is 0 Å². The summed E-state index contributed by atoms with van der Waals surface area (Å²) in [6.07, 6.45) is 0. The van der Waals surface area contributed by atoms with Crippen molar-refractivity contribution in [3.05, 3.63) is 66.4 Å². The van der Waals surface area contributed by atoms with Gasteiger partial charge in [0.15, 0.2) is 0 Å². The molecule has 0 unspecified atom stereocenters. The minimum absolute atomic E-state index is 0.930. The second kappa shape index (κ2) is 4.45. The van der Waals surface area contributed by atoms with Gasteiger partial charge in [0.2, 0.25) is 0 Å². The van der Waals surface area contributed by atoms with Crippen molar-refractivity contribution >= 4 is 0 Å². The average Bonchev–Trinajstić information content (AvgIpc) is 2.83. The van der Waals surface area contributed by atoms with Gasteiger partial charge in [-0.3, -0.25) is 0 Å². The minimum Gasteiger partial charge on any atom is -0.217 e. The van der Waals surface area contributed by atoms with E-state index in [2.05, 4.69) is 10.3 Å². The highest BCUT2D eigenvalue weighted by Crippen LogP contribution is 2.21. The third-order valence-corrected chi connectivity index (χ3v) is 2.94. The predicted molar refractivity (Wildman–Crippen MR) is 71.5 cm³/mol. The van der Waals surface area contributed by atoms with Crippen molar-refractivity contribution in [2.75, 3.05) is 0 Å². The summed E-state index contributed by atoms with van der Waals surface area (Å²) in [5.74, 6) is 0. The molecule has 3 nitrogen and oxygen atoms in total. The minimum atomic E-state index is 0.930. The largest absolute Gasteiger partial charge is 0.217 e. The van der Waals surface area contributed by atoms with E-state index in [9.17, 15) is 0 Å². The van der Waals surface area contributed by atoms with Crippen LogP contribution in [-0.4, -0.2) is 15.0 Å². The Morgan fingerprint density at radius 1 is 0.833 bits per heavy atom. The zero-order valence-corrected chi connectivity index (χ0v) is 10.1. The SMILES string of the molecule is Cc1c(-c2ccccc2)nnn1-c1ccccc1. The van der Waals surface area contributed by atoms with Crippen molar-refractivity contribution < 1.29 is 0 Å². The molecule has 3 rings (SSSR count). The molecule has 3 heteroatoms. The Balaban J connectivity index is 2.09. The van der Waals surface area contributed by atoms with Gasteiger partial charge < -0.3 is 0 Å². The molecule has 0 radical (unpaired) electrons. The highest BCUT2D eigenvalue weighted by molar-refractivity contribution is 5.61. The number of nitrogens with zero attached hydrogens (tertiary/aromatic N) is 3. The maximum Gasteiger partial charge on any atom is 0.116 e. The normalized spacial score (nSPS) is 10.5. The molecule has 0 aliphatic rings. The van der Waals surface area contributed by atoms with Crippen molar-refractivity contribution in [1.29, 1.82) is 0 Å². The van der Waals surface area contributed by atoms with Gasteiger partial charge in [0.1, 0.15) is 5.69 Å². The Kier molecular flexibility index (Phi) is 2.65. The standard InChI is InChI=1S/C15H13N3/c1-12-15(13-8-4-2-5-9-13)16-17-18(12)14-10-6-3-7-11-14/h2-11H,1H3. The number of hydrogen-bond donors (Lipinski definition) is 0. The third kappa shape index (κ3) is 1.80. The van der Waals surface area contributed by atoms with Crippen molar-refractivity contribution in [2.24, 2.45) is 0 Å². The van der Waals surface area contributed by atoms with Crippen LogP contribution in [-0.2, 0) is 0 Å². The van der Waals surface area contributed by atoms with Crippen LogP contribution in [0.2, 0.25) is 0 Å². The zero-order valence-electron chi connectivity index (χ0n) is 10.1. The fourth-order valence-corrected chi connectivity index (χ4v) is 2.01. The lowest BCUT2D eigenvalue weighted by Crippen LogP contribution is -1.98. The number of rotatable bonds is 2. The Morgan fingerprint density at radius 2 is 1.44 bits per heavy atom. The molecule has 0 atom stereocenters. The Labute approximate surface area is 106 Å². The van der Waals surface area contributed by atoms with Gasteiger partial charge in [0.25, 0.3) is 0 Å². The molecular formula is C15H13N3. The molecule has 1 aromatic heterocycles. The Hall–Kier alpha value is -2.42. The monoisotopic (exact) mass is 235 g/mol.